The van der Waals surface area contributed by atoms with Crippen LogP contribution >= 0.6 is 22.9 Å². The number of nitrogens with zero attached hydrogens (tertiary/aromatic N) is 1. The summed E-state index contributed by atoms with van der Waals surface area (Å²) in [5.41, 5.74) is 6.30. The van der Waals surface area contributed by atoms with Crippen LogP contribution in [0.15, 0.2) is 12.1 Å². The van der Waals surface area contributed by atoms with Crippen LogP contribution < -0.4 is 5.73 Å². The SMILES string of the molecule is CN(Cc1ccc(Cl)s1)CC(N)C(C)(C)C. The number of halogens is 1. The van der Waals surface area contributed by atoms with Crippen LogP contribution in [0, 0.1) is 5.41 Å². The third-order valence-corrected chi connectivity index (χ3v) is 3.89. The summed E-state index contributed by atoms with van der Waals surface area (Å²) in [6, 6.07) is 4.21. The Morgan fingerprint density at radius 2 is 2.06 bits per heavy atom. The second-order valence-corrected chi connectivity index (χ2v) is 7.17. The van der Waals surface area contributed by atoms with Gasteiger partial charge in [-0.05, 0) is 24.6 Å². The van der Waals surface area contributed by atoms with Gasteiger partial charge in [0.2, 0.25) is 0 Å². The largest absolute Gasteiger partial charge is 0.326 e. The molecule has 92 valence electrons. The van der Waals surface area contributed by atoms with Gasteiger partial charge in [-0.25, -0.2) is 0 Å². The van der Waals surface area contributed by atoms with Crippen molar-refractivity contribution in [1.82, 2.24) is 4.90 Å². The first-order valence-electron chi connectivity index (χ1n) is 5.47. The van der Waals surface area contributed by atoms with Crippen LogP contribution in [-0.2, 0) is 6.54 Å². The number of hydrogen-bond donors (Lipinski definition) is 1. The zero-order valence-corrected chi connectivity index (χ0v) is 12.0. The fourth-order valence-corrected chi connectivity index (χ4v) is 2.54. The molecule has 0 spiro atoms. The molecule has 4 heteroatoms. The monoisotopic (exact) mass is 260 g/mol. The van der Waals surface area contributed by atoms with E-state index in [1.165, 1.54) is 4.88 Å². The third kappa shape index (κ3) is 4.42. The van der Waals surface area contributed by atoms with Crippen LogP contribution in [0.1, 0.15) is 25.6 Å². The Labute approximate surface area is 107 Å². The molecule has 1 heterocycles. The van der Waals surface area contributed by atoms with E-state index in [1.54, 1.807) is 11.3 Å². The second-order valence-electron chi connectivity index (χ2n) is 5.38. The first-order valence-corrected chi connectivity index (χ1v) is 6.67. The Hall–Kier alpha value is -0.0900. The smallest absolute Gasteiger partial charge is 0.0931 e. The van der Waals surface area contributed by atoms with Crippen molar-refractivity contribution in [3.8, 4) is 0 Å². The van der Waals surface area contributed by atoms with Gasteiger partial charge in [0, 0.05) is 24.0 Å². The van der Waals surface area contributed by atoms with Gasteiger partial charge in [-0.2, -0.15) is 0 Å². The zero-order chi connectivity index (χ0) is 12.3. The molecule has 0 aromatic carbocycles. The zero-order valence-electron chi connectivity index (χ0n) is 10.5. The maximum atomic E-state index is 6.15. The van der Waals surface area contributed by atoms with Gasteiger partial charge in [0.1, 0.15) is 0 Å². The molecular formula is C12H21ClN2S. The molecule has 0 radical (unpaired) electrons. The summed E-state index contributed by atoms with van der Waals surface area (Å²) in [6.07, 6.45) is 0. The lowest BCUT2D eigenvalue weighted by Crippen LogP contribution is -2.43. The van der Waals surface area contributed by atoms with Crippen molar-refractivity contribution in [3.63, 3.8) is 0 Å². The van der Waals surface area contributed by atoms with Gasteiger partial charge in [-0.3, -0.25) is 4.90 Å². The molecule has 0 amide bonds. The van der Waals surface area contributed by atoms with Crippen LogP contribution in [-0.4, -0.2) is 24.5 Å². The average Bonchev–Trinajstić information content (AvgIpc) is 2.49. The van der Waals surface area contributed by atoms with Crippen molar-refractivity contribution in [1.29, 1.82) is 0 Å². The Balaban J connectivity index is 2.45. The summed E-state index contributed by atoms with van der Waals surface area (Å²) in [5.74, 6) is 0. The van der Waals surface area contributed by atoms with Crippen LogP contribution in [0.3, 0.4) is 0 Å². The molecule has 1 atom stereocenters. The van der Waals surface area contributed by atoms with Crippen molar-refractivity contribution < 1.29 is 0 Å². The molecule has 1 aromatic rings. The van der Waals surface area contributed by atoms with Crippen LogP contribution in [0.25, 0.3) is 0 Å². The minimum absolute atomic E-state index is 0.154. The first kappa shape index (κ1) is 14.0. The van der Waals surface area contributed by atoms with Crippen molar-refractivity contribution >= 4 is 22.9 Å². The molecule has 1 aromatic heterocycles. The van der Waals surface area contributed by atoms with Crippen LogP contribution in [0.5, 0.6) is 0 Å². The lowest BCUT2D eigenvalue weighted by atomic mass is 9.87. The summed E-state index contributed by atoms with van der Waals surface area (Å²) >= 11 is 7.53. The van der Waals surface area contributed by atoms with Gasteiger partial charge in [-0.15, -0.1) is 11.3 Å². The lowest BCUT2D eigenvalue weighted by molar-refractivity contribution is 0.223. The van der Waals surface area contributed by atoms with Crippen molar-refractivity contribution in [2.45, 2.75) is 33.4 Å². The minimum atomic E-state index is 0.154. The Morgan fingerprint density at radius 3 is 2.50 bits per heavy atom. The predicted octanol–water partition coefficient (Wildman–Crippen LogP) is 3.21. The highest BCUT2D eigenvalue weighted by Gasteiger charge is 2.21. The number of hydrogen-bond acceptors (Lipinski definition) is 3. The topological polar surface area (TPSA) is 29.3 Å². The first-order chi connectivity index (χ1) is 7.29. The van der Waals surface area contributed by atoms with Gasteiger partial charge in [0.25, 0.3) is 0 Å². The van der Waals surface area contributed by atoms with Crippen LogP contribution in [0.2, 0.25) is 4.34 Å². The number of likely N-dealkylation sites (N-methyl/N-ethyl adjacent to an activating group) is 1. The predicted molar refractivity (Wildman–Crippen MR) is 73.1 cm³/mol. The summed E-state index contributed by atoms with van der Waals surface area (Å²) < 4.78 is 0.850. The maximum absolute atomic E-state index is 6.15. The molecular weight excluding hydrogens is 240 g/mol. The number of thiophene rings is 1. The lowest BCUT2D eigenvalue weighted by Gasteiger charge is -2.30. The molecule has 0 saturated carbocycles. The molecule has 0 aliphatic rings. The second kappa shape index (κ2) is 5.50. The van der Waals surface area contributed by atoms with E-state index < -0.39 is 0 Å². The van der Waals surface area contributed by atoms with Gasteiger partial charge >= 0.3 is 0 Å². The van der Waals surface area contributed by atoms with E-state index in [2.05, 4.69) is 38.8 Å². The summed E-state index contributed by atoms with van der Waals surface area (Å²) in [7, 11) is 2.10. The molecule has 0 fully saturated rings. The summed E-state index contributed by atoms with van der Waals surface area (Å²) in [4.78, 5) is 3.53. The number of rotatable bonds is 4. The average molecular weight is 261 g/mol. The fourth-order valence-electron chi connectivity index (χ4n) is 1.38. The van der Waals surface area contributed by atoms with Gasteiger partial charge in [0.15, 0.2) is 0 Å². The molecule has 0 bridgehead atoms. The molecule has 16 heavy (non-hydrogen) atoms. The standard InChI is InChI=1S/C12H21ClN2S/c1-12(2,3)10(14)8-15(4)7-9-5-6-11(13)16-9/h5-6,10H,7-8,14H2,1-4H3. The summed E-state index contributed by atoms with van der Waals surface area (Å²) in [5, 5.41) is 0. The van der Waals surface area contributed by atoms with E-state index in [0.717, 1.165) is 17.4 Å². The van der Waals surface area contributed by atoms with E-state index in [4.69, 9.17) is 17.3 Å². The molecule has 2 N–H and O–H groups in total. The normalized spacial score (nSPS) is 14.4. The highest BCUT2D eigenvalue weighted by atomic mass is 35.5. The van der Waals surface area contributed by atoms with Gasteiger partial charge in [-0.1, -0.05) is 32.4 Å². The molecule has 0 saturated heterocycles. The molecule has 1 unspecified atom stereocenters. The number of nitrogens with two attached hydrogens (primary N) is 1. The highest BCUT2D eigenvalue weighted by molar-refractivity contribution is 7.16. The van der Waals surface area contributed by atoms with Crippen molar-refractivity contribution in [2.24, 2.45) is 11.1 Å². The maximum Gasteiger partial charge on any atom is 0.0931 e. The van der Waals surface area contributed by atoms with E-state index >= 15 is 0 Å². The quantitative estimate of drug-likeness (QED) is 0.901. The van der Waals surface area contributed by atoms with E-state index in [1.807, 2.05) is 6.07 Å². The van der Waals surface area contributed by atoms with E-state index in [-0.39, 0.29) is 11.5 Å². The summed E-state index contributed by atoms with van der Waals surface area (Å²) in [6.45, 7) is 8.34. The fraction of sp³-hybridized carbons (Fsp3) is 0.667. The van der Waals surface area contributed by atoms with Crippen molar-refractivity contribution in [3.05, 3.63) is 21.3 Å². The molecule has 0 aliphatic carbocycles. The van der Waals surface area contributed by atoms with E-state index in [0.29, 0.717) is 0 Å². The van der Waals surface area contributed by atoms with Crippen molar-refractivity contribution in [2.75, 3.05) is 13.6 Å². The Kier molecular flexibility index (Phi) is 4.80. The molecule has 1 rings (SSSR count). The molecule has 0 aliphatic heterocycles. The van der Waals surface area contributed by atoms with Gasteiger partial charge in [0.05, 0.1) is 4.34 Å². The Morgan fingerprint density at radius 1 is 1.44 bits per heavy atom. The third-order valence-electron chi connectivity index (χ3n) is 2.68. The van der Waals surface area contributed by atoms with Gasteiger partial charge < -0.3 is 5.73 Å². The Bertz CT molecular complexity index is 330. The van der Waals surface area contributed by atoms with E-state index in [9.17, 15) is 0 Å². The van der Waals surface area contributed by atoms with Crippen LogP contribution in [0.4, 0.5) is 0 Å². The molecule has 2 nitrogen and oxygen atoms in total. The minimum Gasteiger partial charge on any atom is -0.326 e. The highest BCUT2D eigenvalue weighted by Crippen LogP contribution is 2.23.